The van der Waals surface area contributed by atoms with E-state index < -0.39 is 37.3 Å². The molecule has 1 aliphatic rings. The van der Waals surface area contributed by atoms with Gasteiger partial charge < -0.3 is 29.7 Å². The van der Waals surface area contributed by atoms with E-state index in [1.165, 1.54) is 14.0 Å². The number of amides is 1. The average Bonchev–Trinajstić information content (AvgIpc) is 2.37. The smallest absolute Gasteiger partial charge is 0.217 e. The number of methoxy groups -OCH3 is 1. The molecule has 5 atom stereocenters. The van der Waals surface area contributed by atoms with Gasteiger partial charge in [-0.2, -0.15) is 0 Å². The Morgan fingerprint density at radius 2 is 2.26 bits per heavy atom. The first kappa shape index (κ1) is 15.9. The van der Waals surface area contributed by atoms with Gasteiger partial charge in [-0.05, 0) is 0 Å². The lowest BCUT2D eigenvalue weighted by atomic mass is 9.96. The zero-order valence-corrected chi connectivity index (χ0v) is 10.9. The molecule has 1 heterocycles. The molecule has 0 aromatic rings. The summed E-state index contributed by atoms with van der Waals surface area (Å²) in [5.41, 5.74) is 0. The van der Waals surface area contributed by atoms with Crippen molar-refractivity contribution in [1.82, 2.24) is 5.32 Å². The topological polar surface area (TPSA) is 97.2 Å². The maximum atomic E-state index is 11.2. The van der Waals surface area contributed by atoms with Gasteiger partial charge >= 0.3 is 0 Å². The number of nitrogens with one attached hydrogen (secondary N) is 1. The summed E-state index contributed by atoms with van der Waals surface area (Å²) in [6.07, 6.45) is 1.49. The minimum atomic E-state index is -1.09. The molecule has 3 N–H and O–H groups in total. The lowest BCUT2D eigenvalue weighted by Crippen LogP contribution is -2.65. The first-order valence-corrected chi connectivity index (χ1v) is 5.84. The van der Waals surface area contributed by atoms with Crippen molar-refractivity contribution in [3.05, 3.63) is 0 Å². The number of aliphatic hydroxyl groups excluding tert-OH is 2. The van der Waals surface area contributed by atoms with Gasteiger partial charge in [0.2, 0.25) is 5.91 Å². The molecule has 1 fully saturated rings. The third-order valence-corrected chi connectivity index (χ3v) is 2.83. The van der Waals surface area contributed by atoms with Crippen molar-refractivity contribution < 1.29 is 29.2 Å². The number of carbonyl (C=O) groups excluding carboxylic acids is 1. The van der Waals surface area contributed by atoms with Crippen LogP contribution >= 0.6 is 0 Å². The summed E-state index contributed by atoms with van der Waals surface area (Å²) in [6, 6.07) is -0.714. The molecular weight excluding hydrogens is 254 g/mol. The first-order valence-electron chi connectivity index (χ1n) is 5.84. The van der Waals surface area contributed by atoms with E-state index in [1.54, 1.807) is 0 Å². The summed E-state index contributed by atoms with van der Waals surface area (Å²) < 4.78 is 15.8. The van der Waals surface area contributed by atoms with E-state index in [1.807, 2.05) is 0 Å². The number of rotatable bonds is 5. The van der Waals surface area contributed by atoms with Crippen LogP contribution in [0.15, 0.2) is 0 Å². The molecule has 7 heteroatoms. The fraction of sp³-hybridized carbons (Fsp3) is 0.750. The second kappa shape index (κ2) is 7.43. The molecule has 108 valence electrons. The molecule has 7 nitrogen and oxygen atoms in total. The van der Waals surface area contributed by atoms with Crippen molar-refractivity contribution in [1.29, 1.82) is 0 Å². The number of carbonyl (C=O) groups is 1. The lowest BCUT2D eigenvalue weighted by molar-refractivity contribution is -0.270. The van der Waals surface area contributed by atoms with Crippen LogP contribution in [0, 0.1) is 12.3 Å². The van der Waals surface area contributed by atoms with Gasteiger partial charge in [0.1, 0.15) is 31.0 Å². The summed E-state index contributed by atoms with van der Waals surface area (Å²) in [5.74, 6) is 1.97. The molecular formula is C12H19NO6. The quantitative estimate of drug-likeness (QED) is 0.513. The predicted octanol–water partition coefficient (Wildman–Crippen LogP) is -1.77. The van der Waals surface area contributed by atoms with Crippen LogP contribution in [-0.4, -0.2) is 67.1 Å². The Morgan fingerprint density at radius 3 is 2.74 bits per heavy atom. The Hall–Kier alpha value is -1.17. The fourth-order valence-electron chi connectivity index (χ4n) is 2.01. The zero-order valence-electron chi connectivity index (χ0n) is 10.9. The van der Waals surface area contributed by atoms with Crippen LogP contribution in [0.4, 0.5) is 0 Å². The largest absolute Gasteiger partial charge is 0.394 e. The fourth-order valence-corrected chi connectivity index (χ4v) is 2.01. The van der Waals surface area contributed by atoms with E-state index in [2.05, 4.69) is 11.2 Å². The Balaban J connectivity index is 2.88. The maximum absolute atomic E-state index is 11.2. The van der Waals surface area contributed by atoms with Crippen molar-refractivity contribution in [3.8, 4) is 12.3 Å². The maximum Gasteiger partial charge on any atom is 0.217 e. The molecule has 0 unspecified atom stereocenters. The van der Waals surface area contributed by atoms with Gasteiger partial charge in [-0.25, -0.2) is 0 Å². The van der Waals surface area contributed by atoms with Gasteiger partial charge in [-0.15, -0.1) is 6.42 Å². The third kappa shape index (κ3) is 3.89. The summed E-state index contributed by atoms with van der Waals surface area (Å²) in [4.78, 5) is 11.2. The molecule has 1 rings (SSSR count). The van der Waals surface area contributed by atoms with E-state index in [0.29, 0.717) is 0 Å². The minimum absolute atomic E-state index is 0.0224. The molecule has 0 aromatic heterocycles. The zero-order chi connectivity index (χ0) is 14.4. The second-order valence-corrected chi connectivity index (χ2v) is 4.16. The van der Waals surface area contributed by atoms with Gasteiger partial charge in [0, 0.05) is 14.0 Å². The normalized spacial score (nSPS) is 34.6. The van der Waals surface area contributed by atoms with E-state index >= 15 is 0 Å². The average molecular weight is 273 g/mol. The van der Waals surface area contributed by atoms with Crippen LogP contribution in [0.5, 0.6) is 0 Å². The molecule has 0 bridgehead atoms. The highest BCUT2D eigenvalue weighted by Gasteiger charge is 2.46. The molecule has 0 radical (unpaired) electrons. The van der Waals surface area contributed by atoms with E-state index in [-0.39, 0.29) is 12.5 Å². The summed E-state index contributed by atoms with van der Waals surface area (Å²) in [7, 11) is 1.39. The molecule has 0 spiro atoms. The van der Waals surface area contributed by atoms with Crippen LogP contribution in [0.3, 0.4) is 0 Å². The molecule has 1 aliphatic heterocycles. The highest BCUT2D eigenvalue weighted by Crippen LogP contribution is 2.24. The van der Waals surface area contributed by atoms with Crippen LogP contribution in [0.25, 0.3) is 0 Å². The summed E-state index contributed by atoms with van der Waals surface area (Å²) in [5, 5.41) is 21.8. The van der Waals surface area contributed by atoms with Crippen LogP contribution < -0.4 is 5.32 Å². The van der Waals surface area contributed by atoms with Crippen LogP contribution in [0.1, 0.15) is 6.92 Å². The number of hydrogen-bond donors (Lipinski definition) is 3. The number of terminal acetylenes is 1. The van der Waals surface area contributed by atoms with Crippen molar-refractivity contribution in [2.24, 2.45) is 0 Å². The number of hydrogen-bond acceptors (Lipinski definition) is 6. The second-order valence-electron chi connectivity index (χ2n) is 4.16. The van der Waals surface area contributed by atoms with Crippen LogP contribution in [0.2, 0.25) is 0 Å². The molecule has 0 saturated carbocycles. The van der Waals surface area contributed by atoms with Crippen LogP contribution in [-0.2, 0) is 19.0 Å². The SMILES string of the molecule is C#CCO[C@@H]1O[C@H](CO)[C@@H](O)[C@@H](OC)[C@@H]1NC(C)=O. The van der Waals surface area contributed by atoms with E-state index in [0.717, 1.165) is 0 Å². The molecule has 0 aliphatic carbocycles. The standard InChI is InChI=1S/C12H19NO6/c1-4-5-18-12-9(13-7(2)15)11(17-3)10(16)8(6-14)19-12/h1,8-12,14,16H,5-6H2,2-3H3,(H,13,15)/t8-,9+,10-,11+,12-/m1/s1. The predicted molar refractivity (Wildman–Crippen MR) is 64.9 cm³/mol. The van der Waals surface area contributed by atoms with E-state index in [9.17, 15) is 9.90 Å². The Labute approximate surface area is 111 Å². The Kier molecular flexibility index (Phi) is 6.21. The van der Waals surface area contributed by atoms with Gasteiger partial charge in [-0.1, -0.05) is 5.92 Å². The van der Waals surface area contributed by atoms with Gasteiger partial charge in [0.25, 0.3) is 0 Å². The number of aliphatic hydroxyl groups is 2. The summed E-state index contributed by atoms with van der Waals surface area (Å²) >= 11 is 0. The summed E-state index contributed by atoms with van der Waals surface area (Å²) in [6.45, 7) is 0.907. The Bertz CT molecular complexity index is 342. The van der Waals surface area contributed by atoms with Crippen molar-refractivity contribution in [2.75, 3.05) is 20.3 Å². The molecule has 0 aromatic carbocycles. The molecule has 19 heavy (non-hydrogen) atoms. The van der Waals surface area contributed by atoms with Gasteiger partial charge in [-0.3, -0.25) is 4.79 Å². The monoisotopic (exact) mass is 273 g/mol. The first-order chi connectivity index (χ1) is 9.04. The molecule has 1 saturated heterocycles. The van der Waals surface area contributed by atoms with Gasteiger partial charge in [0.15, 0.2) is 6.29 Å². The van der Waals surface area contributed by atoms with Gasteiger partial charge in [0.05, 0.1) is 6.61 Å². The number of ether oxygens (including phenoxy) is 3. The highest BCUT2D eigenvalue weighted by atomic mass is 16.7. The van der Waals surface area contributed by atoms with Crippen molar-refractivity contribution in [2.45, 2.75) is 37.6 Å². The highest BCUT2D eigenvalue weighted by molar-refractivity contribution is 5.73. The third-order valence-electron chi connectivity index (χ3n) is 2.83. The van der Waals surface area contributed by atoms with E-state index in [4.69, 9.17) is 25.7 Å². The minimum Gasteiger partial charge on any atom is -0.394 e. The Morgan fingerprint density at radius 1 is 1.58 bits per heavy atom. The molecule has 1 amide bonds. The lowest BCUT2D eigenvalue weighted by Gasteiger charge is -2.43. The van der Waals surface area contributed by atoms with Crippen molar-refractivity contribution >= 4 is 5.91 Å². The van der Waals surface area contributed by atoms with Crippen molar-refractivity contribution in [3.63, 3.8) is 0 Å².